The highest BCUT2D eigenvalue weighted by Crippen LogP contribution is 2.42. The normalized spacial score (nSPS) is 15.4. The monoisotopic (exact) mass is 295 g/mol. The molecule has 20 heavy (non-hydrogen) atoms. The fourth-order valence-electron chi connectivity index (χ4n) is 3.39. The first-order chi connectivity index (χ1) is 9.16. The SMILES string of the molecule is C=CC(C)(C#N)CCCO[Si](C(C)C)(C(C)C)C(C)C. The summed E-state index contributed by atoms with van der Waals surface area (Å²) in [5.74, 6) is 0. The van der Waals surface area contributed by atoms with E-state index in [0.717, 1.165) is 19.4 Å². The summed E-state index contributed by atoms with van der Waals surface area (Å²) in [7, 11) is -1.75. The lowest BCUT2D eigenvalue weighted by Crippen LogP contribution is -2.48. The maximum absolute atomic E-state index is 9.16. The van der Waals surface area contributed by atoms with Gasteiger partial charge < -0.3 is 4.43 Å². The molecule has 0 N–H and O–H groups in total. The first-order valence-electron chi connectivity index (χ1n) is 7.85. The second kappa shape index (κ2) is 8.00. The molecule has 0 bridgehead atoms. The molecule has 0 aromatic rings. The summed E-state index contributed by atoms with van der Waals surface area (Å²) in [4.78, 5) is 0. The van der Waals surface area contributed by atoms with Crippen molar-refractivity contribution in [3.8, 4) is 6.07 Å². The van der Waals surface area contributed by atoms with Crippen molar-refractivity contribution in [2.24, 2.45) is 5.41 Å². The van der Waals surface area contributed by atoms with Crippen LogP contribution in [0.15, 0.2) is 12.7 Å². The molecular weight excluding hydrogens is 262 g/mol. The van der Waals surface area contributed by atoms with Crippen LogP contribution in [0.25, 0.3) is 0 Å². The summed E-state index contributed by atoms with van der Waals surface area (Å²) in [6.07, 6.45) is 3.51. The fourth-order valence-corrected chi connectivity index (χ4v) is 8.89. The number of allylic oxidation sites excluding steroid dienone is 1. The van der Waals surface area contributed by atoms with E-state index in [9.17, 15) is 0 Å². The molecule has 0 aliphatic heterocycles. The van der Waals surface area contributed by atoms with Crippen LogP contribution in [0.4, 0.5) is 0 Å². The average Bonchev–Trinajstić information content (AvgIpc) is 2.37. The van der Waals surface area contributed by atoms with E-state index in [0.29, 0.717) is 16.6 Å². The molecule has 0 saturated carbocycles. The van der Waals surface area contributed by atoms with Crippen molar-refractivity contribution >= 4 is 8.32 Å². The van der Waals surface area contributed by atoms with Crippen LogP contribution in [0.3, 0.4) is 0 Å². The summed E-state index contributed by atoms with van der Waals surface area (Å²) < 4.78 is 6.49. The Bertz CT molecular complexity index is 322. The van der Waals surface area contributed by atoms with Gasteiger partial charge in [0.1, 0.15) is 0 Å². The Morgan fingerprint density at radius 3 is 1.90 bits per heavy atom. The van der Waals surface area contributed by atoms with Gasteiger partial charge in [-0.15, -0.1) is 6.58 Å². The summed E-state index contributed by atoms with van der Waals surface area (Å²) >= 11 is 0. The smallest absolute Gasteiger partial charge is 0.200 e. The average molecular weight is 296 g/mol. The number of hydrogen-bond acceptors (Lipinski definition) is 2. The molecule has 0 amide bonds. The van der Waals surface area contributed by atoms with Crippen LogP contribution >= 0.6 is 0 Å². The van der Waals surface area contributed by atoms with E-state index < -0.39 is 13.7 Å². The van der Waals surface area contributed by atoms with Crippen LogP contribution in [-0.4, -0.2) is 14.9 Å². The molecule has 0 aliphatic carbocycles. The van der Waals surface area contributed by atoms with Gasteiger partial charge in [0.15, 0.2) is 8.32 Å². The minimum absolute atomic E-state index is 0.416. The molecule has 0 rings (SSSR count). The van der Waals surface area contributed by atoms with E-state index in [4.69, 9.17) is 9.69 Å². The third-order valence-electron chi connectivity index (χ3n) is 4.61. The zero-order valence-electron chi connectivity index (χ0n) is 14.5. The zero-order valence-corrected chi connectivity index (χ0v) is 15.5. The molecule has 116 valence electrons. The largest absolute Gasteiger partial charge is 0.416 e. The topological polar surface area (TPSA) is 33.0 Å². The van der Waals surface area contributed by atoms with Crippen LogP contribution in [0, 0.1) is 16.7 Å². The van der Waals surface area contributed by atoms with Gasteiger partial charge >= 0.3 is 0 Å². The molecule has 0 fully saturated rings. The van der Waals surface area contributed by atoms with E-state index in [1.54, 1.807) is 6.08 Å². The minimum atomic E-state index is -1.75. The molecule has 0 heterocycles. The number of nitriles is 1. The Labute approximate surface area is 127 Å². The van der Waals surface area contributed by atoms with E-state index >= 15 is 0 Å². The van der Waals surface area contributed by atoms with E-state index in [2.05, 4.69) is 54.2 Å². The van der Waals surface area contributed by atoms with Crippen molar-refractivity contribution in [3.05, 3.63) is 12.7 Å². The van der Waals surface area contributed by atoms with Gasteiger partial charge in [-0.3, -0.25) is 0 Å². The van der Waals surface area contributed by atoms with Gasteiger partial charge in [-0.2, -0.15) is 5.26 Å². The van der Waals surface area contributed by atoms with Crippen LogP contribution in [0.1, 0.15) is 61.3 Å². The van der Waals surface area contributed by atoms with Crippen molar-refractivity contribution in [1.82, 2.24) is 0 Å². The van der Waals surface area contributed by atoms with Gasteiger partial charge in [0.2, 0.25) is 0 Å². The Hall–Kier alpha value is -0.593. The fraction of sp³-hybridized carbons (Fsp3) is 0.824. The van der Waals surface area contributed by atoms with Gasteiger partial charge in [0.05, 0.1) is 11.5 Å². The predicted molar refractivity (Wildman–Crippen MR) is 90.2 cm³/mol. The van der Waals surface area contributed by atoms with Crippen LogP contribution in [0.2, 0.25) is 16.6 Å². The molecule has 0 saturated heterocycles. The molecule has 2 nitrogen and oxygen atoms in total. The van der Waals surface area contributed by atoms with Crippen molar-refractivity contribution in [2.75, 3.05) is 6.61 Å². The minimum Gasteiger partial charge on any atom is -0.416 e. The maximum atomic E-state index is 9.16. The molecule has 0 aromatic heterocycles. The number of rotatable bonds is 9. The second-order valence-electron chi connectivity index (χ2n) is 7.00. The number of hydrogen-bond donors (Lipinski definition) is 0. The molecule has 1 unspecified atom stereocenters. The third kappa shape index (κ3) is 4.46. The molecule has 0 aliphatic rings. The number of nitrogens with zero attached hydrogens (tertiary/aromatic N) is 1. The summed E-state index contributed by atoms with van der Waals surface area (Å²) in [6.45, 7) is 20.3. The van der Waals surface area contributed by atoms with Crippen LogP contribution in [-0.2, 0) is 4.43 Å². The van der Waals surface area contributed by atoms with E-state index in [-0.39, 0.29) is 0 Å². The summed E-state index contributed by atoms with van der Waals surface area (Å²) in [5, 5.41) is 9.16. The molecule has 0 aromatic carbocycles. The first-order valence-corrected chi connectivity index (χ1v) is 9.99. The zero-order chi connectivity index (χ0) is 16.0. The Morgan fingerprint density at radius 2 is 1.60 bits per heavy atom. The highest BCUT2D eigenvalue weighted by molar-refractivity contribution is 6.77. The summed E-state index contributed by atoms with van der Waals surface area (Å²) in [5.41, 5.74) is 1.43. The van der Waals surface area contributed by atoms with Gasteiger partial charge in [-0.1, -0.05) is 47.6 Å². The van der Waals surface area contributed by atoms with Crippen molar-refractivity contribution < 1.29 is 4.43 Å². The standard InChI is InChI=1S/C17H33NOSi/c1-9-17(8,13-18)11-10-12-19-20(14(2)3,15(4)5)16(6)7/h9,14-16H,1,10-12H2,2-8H3. The lowest BCUT2D eigenvalue weighted by Gasteiger charge is -2.42. The Balaban J connectivity index is 4.67. The summed E-state index contributed by atoms with van der Waals surface area (Å²) in [6, 6.07) is 2.33. The quantitative estimate of drug-likeness (QED) is 0.312. The van der Waals surface area contributed by atoms with Gasteiger partial charge in [0, 0.05) is 6.61 Å². The molecule has 1 atom stereocenters. The lowest BCUT2D eigenvalue weighted by atomic mass is 9.88. The Morgan fingerprint density at radius 1 is 1.15 bits per heavy atom. The second-order valence-corrected chi connectivity index (χ2v) is 12.5. The molecular formula is C17H33NOSi. The third-order valence-corrected chi connectivity index (χ3v) is 10.7. The van der Waals surface area contributed by atoms with Crippen molar-refractivity contribution in [1.29, 1.82) is 5.26 Å². The van der Waals surface area contributed by atoms with Crippen molar-refractivity contribution in [2.45, 2.75) is 77.9 Å². The van der Waals surface area contributed by atoms with Gasteiger partial charge in [0.25, 0.3) is 0 Å². The molecule has 0 spiro atoms. The highest BCUT2D eigenvalue weighted by atomic mass is 28.4. The van der Waals surface area contributed by atoms with Gasteiger partial charge in [-0.25, -0.2) is 0 Å². The predicted octanol–water partition coefficient (Wildman–Crippen LogP) is 5.67. The van der Waals surface area contributed by atoms with Crippen LogP contribution in [0.5, 0.6) is 0 Å². The highest BCUT2D eigenvalue weighted by Gasteiger charge is 2.44. The van der Waals surface area contributed by atoms with Crippen molar-refractivity contribution in [3.63, 3.8) is 0 Å². The lowest BCUT2D eigenvalue weighted by molar-refractivity contribution is 0.258. The molecule has 0 radical (unpaired) electrons. The maximum Gasteiger partial charge on any atom is 0.200 e. The molecule has 3 heteroatoms. The first kappa shape index (κ1) is 19.4. The van der Waals surface area contributed by atoms with Crippen LogP contribution < -0.4 is 0 Å². The Kier molecular flexibility index (Phi) is 7.76. The van der Waals surface area contributed by atoms with E-state index in [1.807, 2.05) is 6.92 Å². The van der Waals surface area contributed by atoms with E-state index in [1.165, 1.54) is 0 Å². The van der Waals surface area contributed by atoms with Gasteiger partial charge in [-0.05, 0) is 36.4 Å².